The number of halogens is 4. The average Bonchev–Trinajstić information content (AvgIpc) is 2.39. The minimum Gasteiger partial charge on any atom is -0.207 e. The van der Waals surface area contributed by atoms with Gasteiger partial charge in [-0.25, -0.2) is 4.39 Å². The Hall–Kier alpha value is -0.570. The van der Waals surface area contributed by atoms with E-state index in [0.717, 1.165) is 15.6 Å². The summed E-state index contributed by atoms with van der Waals surface area (Å²) in [4.78, 5) is 0. The first kappa shape index (κ1) is 14.8. The highest BCUT2D eigenvalue weighted by atomic mass is 79.9. The predicted molar refractivity (Wildman–Crippen MR) is 82.7 cm³/mol. The van der Waals surface area contributed by atoms with E-state index in [1.165, 1.54) is 12.1 Å². The largest absolute Gasteiger partial charge is 0.207 e. The summed E-state index contributed by atoms with van der Waals surface area (Å²) in [6.45, 7) is 0. The van der Waals surface area contributed by atoms with Crippen molar-refractivity contribution in [2.24, 2.45) is 0 Å². The van der Waals surface area contributed by atoms with Crippen molar-refractivity contribution in [2.75, 3.05) is 5.88 Å². The molecule has 0 aromatic heterocycles. The molecule has 0 radical (unpaired) electrons. The molecule has 100 valence electrons. The zero-order chi connectivity index (χ0) is 13.8. The van der Waals surface area contributed by atoms with Gasteiger partial charge >= 0.3 is 0 Å². The van der Waals surface area contributed by atoms with E-state index in [1.807, 2.05) is 24.3 Å². The summed E-state index contributed by atoms with van der Waals surface area (Å²) >= 11 is 15.6. The molecule has 0 bridgehead atoms. The van der Waals surface area contributed by atoms with Crippen molar-refractivity contribution in [3.63, 3.8) is 0 Å². The quantitative estimate of drug-likeness (QED) is 0.603. The second-order valence-electron chi connectivity index (χ2n) is 4.35. The number of rotatable bonds is 4. The van der Waals surface area contributed by atoms with Gasteiger partial charge in [0.25, 0.3) is 0 Å². The molecular weight excluding hydrogens is 350 g/mol. The van der Waals surface area contributed by atoms with Crippen LogP contribution >= 0.6 is 39.1 Å². The molecule has 2 aromatic rings. The molecule has 0 amide bonds. The van der Waals surface area contributed by atoms with Crippen molar-refractivity contribution in [3.8, 4) is 0 Å². The third-order valence-corrected chi connectivity index (χ3v) is 4.21. The highest BCUT2D eigenvalue weighted by Crippen LogP contribution is 2.28. The third kappa shape index (κ3) is 3.95. The Morgan fingerprint density at radius 2 is 1.95 bits per heavy atom. The summed E-state index contributed by atoms with van der Waals surface area (Å²) in [7, 11) is 0. The van der Waals surface area contributed by atoms with Gasteiger partial charge in [-0.1, -0.05) is 39.7 Å². The molecule has 0 nitrogen and oxygen atoms in total. The molecule has 0 heterocycles. The lowest BCUT2D eigenvalue weighted by molar-refractivity contribution is 0.623. The standard InChI is InChI=1S/C15H12BrCl2F/c16-13-3-1-2-10(7-13)12(9-17)6-11-8-14(19)4-5-15(11)18/h1-5,7-8,12H,6,9H2. The van der Waals surface area contributed by atoms with Gasteiger partial charge in [0, 0.05) is 21.3 Å². The lowest BCUT2D eigenvalue weighted by Gasteiger charge is -2.16. The molecule has 2 aromatic carbocycles. The molecule has 19 heavy (non-hydrogen) atoms. The summed E-state index contributed by atoms with van der Waals surface area (Å²) in [5, 5.41) is 0.575. The van der Waals surface area contributed by atoms with Crippen LogP contribution in [0.5, 0.6) is 0 Å². The number of hydrogen-bond acceptors (Lipinski definition) is 0. The van der Waals surface area contributed by atoms with Crippen molar-refractivity contribution >= 4 is 39.1 Å². The van der Waals surface area contributed by atoms with E-state index in [9.17, 15) is 4.39 Å². The van der Waals surface area contributed by atoms with Crippen LogP contribution in [-0.4, -0.2) is 5.88 Å². The van der Waals surface area contributed by atoms with Gasteiger partial charge in [0.05, 0.1) is 0 Å². The Kier molecular flexibility index (Phi) is 5.26. The summed E-state index contributed by atoms with van der Waals surface area (Å²) in [5.41, 5.74) is 1.90. The molecule has 1 atom stereocenters. The van der Waals surface area contributed by atoms with Crippen LogP contribution in [0.3, 0.4) is 0 Å². The van der Waals surface area contributed by atoms with Crippen LogP contribution in [0.4, 0.5) is 4.39 Å². The fourth-order valence-corrected chi connectivity index (χ4v) is 2.89. The second kappa shape index (κ2) is 6.74. The van der Waals surface area contributed by atoms with Gasteiger partial charge in [-0.15, -0.1) is 11.6 Å². The smallest absolute Gasteiger partial charge is 0.123 e. The first-order valence-corrected chi connectivity index (χ1v) is 7.56. The van der Waals surface area contributed by atoms with Gasteiger partial charge in [0.1, 0.15) is 5.82 Å². The van der Waals surface area contributed by atoms with Crippen LogP contribution in [0.2, 0.25) is 5.02 Å². The molecule has 4 heteroatoms. The zero-order valence-corrected chi connectivity index (χ0v) is 13.1. The maximum atomic E-state index is 13.3. The van der Waals surface area contributed by atoms with E-state index < -0.39 is 0 Å². The Labute approximate surface area is 130 Å². The minimum atomic E-state index is -0.276. The fraction of sp³-hybridized carbons (Fsp3) is 0.200. The first-order valence-electron chi connectivity index (χ1n) is 5.85. The van der Waals surface area contributed by atoms with Gasteiger partial charge in [-0.05, 0) is 47.9 Å². The molecular formula is C15H12BrCl2F. The predicted octanol–water partition coefficient (Wildman–Crippen LogP) is 5.81. The van der Waals surface area contributed by atoms with E-state index in [0.29, 0.717) is 17.3 Å². The van der Waals surface area contributed by atoms with E-state index in [1.54, 1.807) is 6.07 Å². The molecule has 0 spiro atoms. The van der Waals surface area contributed by atoms with Crippen molar-refractivity contribution in [1.82, 2.24) is 0 Å². The molecule has 0 aliphatic carbocycles. The Bertz CT molecular complexity index is 572. The Morgan fingerprint density at radius 1 is 1.16 bits per heavy atom. The van der Waals surface area contributed by atoms with Gasteiger partial charge < -0.3 is 0 Å². The summed E-state index contributed by atoms with van der Waals surface area (Å²) in [6, 6.07) is 12.4. The topological polar surface area (TPSA) is 0 Å². The maximum Gasteiger partial charge on any atom is 0.123 e. The molecule has 0 saturated heterocycles. The number of alkyl halides is 1. The molecule has 0 aliphatic heterocycles. The molecule has 0 saturated carbocycles. The van der Waals surface area contributed by atoms with Gasteiger partial charge in [-0.2, -0.15) is 0 Å². The zero-order valence-electron chi connectivity index (χ0n) is 10.0. The average molecular weight is 362 g/mol. The van der Waals surface area contributed by atoms with Crippen molar-refractivity contribution in [1.29, 1.82) is 0 Å². The third-order valence-electron chi connectivity index (χ3n) is 2.98. The SMILES string of the molecule is Fc1ccc(Cl)c(CC(CCl)c2cccc(Br)c2)c1. The van der Waals surface area contributed by atoms with Crippen LogP contribution in [0.1, 0.15) is 17.0 Å². The fourth-order valence-electron chi connectivity index (χ4n) is 1.99. The van der Waals surface area contributed by atoms with Crippen LogP contribution in [0.25, 0.3) is 0 Å². The Morgan fingerprint density at radius 3 is 2.63 bits per heavy atom. The first-order chi connectivity index (χ1) is 9.10. The van der Waals surface area contributed by atoms with E-state index in [4.69, 9.17) is 23.2 Å². The number of benzene rings is 2. The van der Waals surface area contributed by atoms with Gasteiger partial charge in [0.2, 0.25) is 0 Å². The highest BCUT2D eigenvalue weighted by molar-refractivity contribution is 9.10. The van der Waals surface area contributed by atoms with Crippen LogP contribution in [0, 0.1) is 5.82 Å². The lowest BCUT2D eigenvalue weighted by Crippen LogP contribution is -2.05. The van der Waals surface area contributed by atoms with Gasteiger partial charge in [0.15, 0.2) is 0 Å². The number of hydrogen-bond donors (Lipinski definition) is 0. The summed E-state index contributed by atoms with van der Waals surface area (Å²) < 4.78 is 14.3. The molecule has 2 rings (SSSR count). The van der Waals surface area contributed by atoms with E-state index in [2.05, 4.69) is 15.9 Å². The summed E-state index contributed by atoms with van der Waals surface area (Å²) in [5.74, 6) is 0.295. The molecule has 1 unspecified atom stereocenters. The van der Waals surface area contributed by atoms with Crippen molar-refractivity contribution in [3.05, 3.63) is 68.9 Å². The normalized spacial score (nSPS) is 12.4. The monoisotopic (exact) mass is 360 g/mol. The van der Waals surface area contributed by atoms with E-state index in [-0.39, 0.29) is 11.7 Å². The van der Waals surface area contributed by atoms with Gasteiger partial charge in [-0.3, -0.25) is 0 Å². The molecule has 0 aliphatic rings. The second-order valence-corrected chi connectivity index (χ2v) is 5.98. The van der Waals surface area contributed by atoms with Crippen LogP contribution in [-0.2, 0) is 6.42 Å². The maximum absolute atomic E-state index is 13.3. The summed E-state index contributed by atoms with van der Waals surface area (Å²) in [6.07, 6.45) is 0.622. The minimum absolute atomic E-state index is 0.110. The van der Waals surface area contributed by atoms with Crippen molar-refractivity contribution in [2.45, 2.75) is 12.3 Å². The lowest BCUT2D eigenvalue weighted by atomic mass is 9.93. The van der Waals surface area contributed by atoms with Crippen LogP contribution < -0.4 is 0 Å². The van der Waals surface area contributed by atoms with Crippen LogP contribution in [0.15, 0.2) is 46.9 Å². The molecule has 0 N–H and O–H groups in total. The van der Waals surface area contributed by atoms with Crippen molar-refractivity contribution < 1.29 is 4.39 Å². The molecule has 0 fully saturated rings. The Balaban J connectivity index is 2.26. The van der Waals surface area contributed by atoms with E-state index >= 15 is 0 Å². The highest BCUT2D eigenvalue weighted by Gasteiger charge is 2.14.